The van der Waals surface area contributed by atoms with Crippen LogP contribution in [0.4, 0.5) is 0 Å². The first-order valence-corrected chi connectivity index (χ1v) is 26.9. The van der Waals surface area contributed by atoms with Gasteiger partial charge in [-0.3, -0.25) is 9.59 Å². The Labute approximate surface area is 430 Å². The smallest absolute Gasteiger partial charge is 0.306 e. The fourth-order valence-corrected chi connectivity index (χ4v) is 7.75. The SMILES string of the molecule is CC/C=C/C=C/C=C/C=C/CCCCCCCC(=O)O[C@@H](COC(=O)CCC/C=C/C/C=C/C/C=C/C/C=C/CCCCCCCCC)CO[C@@H]1O[C@H](CO[C@@H]2O[C@H](CO)[C@H](O)C(O)C2O)[C@H](O)C(O)C1O. The summed E-state index contributed by atoms with van der Waals surface area (Å²) in [5.74, 6) is -1.03. The molecule has 2 rings (SSSR count). The zero-order chi connectivity index (χ0) is 52.4. The van der Waals surface area contributed by atoms with E-state index >= 15 is 0 Å². The Kier molecular flexibility index (Phi) is 38.3. The van der Waals surface area contributed by atoms with Gasteiger partial charge in [0.15, 0.2) is 18.7 Å². The fraction of sp³-hybridized carbons (Fsp3) is 0.684. The van der Waals surface area contributed by atoms with Crippen molar-refractivity contribution in [1.29, 1.82) is 0 Å². The Bertz CT molecular complexity index is 1620. The van der Waals surface area contributed by atoms with E-state index in [0.717, 1.165) is 64.2 Å². The molecule has 72 heavy (non-hydrogen) atoms. The van der Waals surface area contributed by atoms with Gasteiger partial charge in [-0.25, -0.2) is 0 Å². The van der Waals surface area contributed by atoms with Gasteiger partial charge in [0.05, 0.1) is 19.8 Å². The van der Waals surface area contributed by atoms with E-state index in [1.165, 1.54) is 44.9 Å². The molecule has 2 aliphatic rings. The van der Waals surface area contributed by atoms with E-state index in [2.05, 4.69) is 68.5 Å². The summed E-state index contributed by atoms with van der Waals surface area (Å²) in [7, 11) is 0. The van der Waals surface area contributed by atoms with Crippen LogP contribution < -0.4 is 0 Å². The lowest BCUT2D eigenvalue weighted by atomic mass is 9.98. The maximum atomic E-state index is 13.0. The molecule has 0 aromatic heterocycles. The number of hydrogen-bond acceptors (Lipinski definition) is 15. The van der Waals surface area contributed by atoms with Crippen molar-refractivity contribution in [2.75, 3.05) is 26.4 Å². The summed E-state index contributed by atoms with van der Waals surface area (Å²) in [4.78, 5) is 25.8. The predicted octanol–water partition coefficient (Wildman–Crippen LogP) is 8.15. The molecule has 0 radical (unpaired) electrons. The number of hydrogen-bond donors (Lipinski definition) is 7. The third-order valence-electron chi connectivity index (χ3n) is 12.1. The second-order valence-electron chi connectivity index (χ2n) is 18.4. The molecular weight excluding hydrogens is 925 g/mol. The third-order valence-corrected chi connectivity index (χ3v) is 12.1. The summed E-state index contributed by atoms with van der Waals surface area (Å²) in [6.45, 7) is 2.35. The summed E-state index contributed by atoms with van der Waals surface area (Å²) in [6, 6.07) is 0. The van der Waals surface area contributed by atoms with Crippen LogP contribution in [0.25, 0.3) is 0 Å². The predicted molar refractivity (Wildman–Crippen MR) is 279 cm³/mol. The van der Waals surface area contributed by atoms with Crippen molar-refractivity contribution in [3.63, 3.8) is 0 Å². The first-order chi connectivity index (χ1) is 35.0. The molecule has 2 heterocycles. The van der Waals surface area contributed by atoms with Crippen LogP contribution in [-0.4, -0.2) is 142 Å². The van der Waals surface area contributed by atoms with Crippen molar-refractivity contribution in [2.24, 2.45) is 0 Å². The number of esters is 2. The lowest BCUT2D eigenvalue weighted by Crippen LogP contribution is -2.61. The van der Waals surface area contributed by atoms with Crippen molar-refractivity contribution in [1.82, 2.24) is 0 Å². The van der Waals surface area contributed by atoms with Gasteiger partial charge in [0.25, 0.3) is 0 Å². The van der Waals surface area contributed by atoms with Gasteiger partial charge in [-0.1, -0.05) is 169 Å². The normalized spacial score (nSPS) is 25.8. The zero-order valence-electron chi connectivity index (χ0n) is 43.4. The highest BCUT2D eigenvalue weighted by Crippen LogP contribution is 2.26. The third kappa shape index (κ3) is 30.0. The monoisotopic (exact) mass is 1020 g/mol. The van der Waals surface area contributed by atoms with E-state index in [1.54, 1.807) is 0 Å². The number of allylic oxidation sites excluding steroid dienone is 16. The molecule has 15 heteroatoms. The lowest BCUT2D eigenvalue weighted by molar-refractivity contribution is -0.332. The highest BCUT2D eigenvalue weighted by Gasteiger charge is 2.47. The number of carbonyl (C=O) groups excluding carboxylic acids is 2. The van der Waals surface area contributed by atoms with Gasteiger partial charge in [0.2, 0.25) is 0 Å². The number of aliphatic hydroxyl groups excluding tert-OH is 7. The molecule has 11 atom stereocenters. The number of carbonyl (C=O) groups is 2. The van der Waals surface area contributed by atoms with E-state index in [1.807, 2.05) is 42.5 Å². The molecule has 7 N–H and O–H groups in total. The number of aliphatic hydroxyl groups is 7. The maximum Gasteiger partial charge on any atom is 0.306 e. The zero-order valence-corrected chi connectivity index (χ0v) is 43.4. The van der Waals surface area contributed by atoms with Crippen molar-refractivity contribution < 1.29 is 73.8 Å². The van der Waals surface area contributed by atoms with Gasteiger partial charge < -0.3 is 64.2 Å². The van der Waals surface area contributed by atoms with E-state index in [9.17, 15) is 45.3 Å². The van der Waals surface area contributed by atoms with Crippen molar-refractivity contribution in [3.05, 3.63) is 97.2 Å². The molecule has 15 nitrogen and oxygen atoms in total. The quantitative estimate of drug-likeness (QED) is 0.0133. The van der Waals surface area contributed by atoms with Gasteiger partial charge in [0.1, 0.15) is 55.4 Å². The number of rotatable bonds is 40. The molecule has 0 saturated carbocycles. The summed E-state index contributed by atoms with van der Waals surface area (Å²) >= 11 is 0. The molecule has 0 spiro atoms. The average Bonchev–Trinajstić information content (AvgIpc) is 3.37. The van der Waals surface area contributed by atoms with Crippen molar-refractivity contribution in [3.8, 4) is 0 Å². The van der Waals surface area contributed by atoms with Crippen LogP contribution in [0.5, 0.6) is 0 Å². The summed E-state index contributed by atoms with van der Waals surface area (Å²) in [6.07, 6.45) is 37.3. The molecule has 2 aliphatic heterocycles. The maximum absolute atomic E-state index is 13.0. The fourth-order valence-electron chi connectivity index (χ4n) is 7.75. The van der Waals surface area contributed by atoms with Gasteiger partial charge in [0, 0.05) is 12.8 Å². The van der Waals surface area contributed by atoms with Crippen LogP contribution in [0.15, 0.2) is 97.2 Å². The van der Waals surface area contributed by atoms with Crippen LogP contribution in [0.2, 0.25) is 0 Å². The minimum atomic E-state index is -1.78. The van der Waals surface area contributed by atoms with Crippen LogP contribution in [0.1, 0.15) is 155 Å². The number of unbranched alkanes of at least 4 members (excludes halogenated alkanes) is 13. The van der Waals surface area contributed by atoms with Gasteiger partial charge in [-0.05, 0) is 70.6 Å². The average molecular weight is 1020 g/mol. The van der Waals surface area contributed by atoms with E-state index in [0.29, 0.717) is 19.3 Å². The van der Waals surface area contributed by atoms with Crippen molar-refractivity contribution in [2.45, 2.75) is 223 Å². The molecule has 0 bridgehead atoms. The van der Waals surface area contributed by atoms with Crippen LogP contribution >= 0.6 is 0 Å². The molecule has 2 fully saturated rings. The van der Waals surface area contributed by atoms with E-state index < -0.39 is 99.3 Å². The molecule has 410 valence electrons. The van der Waals surface area contributed by atoms with Crippen LogP contribution in [0, 0.1) is 0 Å². The number of ether oxygens (including phenoxy) is 6. The minimum Gasteiger partial charge on any atom is -0.462 e. The van der Waals surface area contributed by atoms with E-state index in [-0.39, 0.29) is 19.4 Å². The van der Waals surface area contributed by atoms with Crippen LogP contribution in [-0.2, 0) is 38.0 Å². The molecule has 0 amide bonds. The van der Waals surface area contributed by atoms with Crippen LogP contribution in [0.3, 0.4) is 0 Å². The second kappa shape index (κ2) is 42.7. The topological polar surface area (TPSA) is 231 Å². The standard InChI is InChI=1S/C57H92O15/c1-3-5-7-9-11-13-15-17-19-20-21-22-23-24-26-27-29-31-33-35-37-39-48(59)67-42-45(70-49(60)40-38-36-34-32-30-28-25-18-16-14-12-10-8-6-4-2)43-68-56-55(66)53(64)51(62)47(72-56)44-69-57-54(65)52(63)50(61)46(41-58)71-57/h6,8,10,12,14,16,18-20,22-23,25-27,31,33,45-47,50-58,61-66H,3-5,7,9,11,13,15,17,21,24,28-30,32,34-44H2,1-2H3/b8-6+,12-10+,16-14+,20-19+,23-22+,25-18+,27-26+,33-31+/t45-,46+,47+,50-,51-,52?,53?,54?,55?,56+,57+/m0/s1. The Morgan fingerprint density at radius 1 is 0.472 bits per heavy atom. The first-order valence-electron chi connectivity index (χ1n) is 26.9. The Morgan fingerprint density at radius 2 is 0.944 bits per heavy atom. The molecule has 0 aromatic rings. The second-order valence-corrected chi connectivity index (χ2v) is 18.4. The van der Waals surface area contributed by atoms with E-state index in [4.69, 9.17) is 28.4 Å². The summed E-state index contributed by atoms with van der Waals surface area (Å²) < 4.78 is 33.5. The highest BCUT2D eigenvalue weighted by atomic mass is 16.7. The molecule has 4 unspecified atom stereocenters. The summed E-state index contributed by atoms with van der Waals surface area (Å²) in [5.41, 5.74) is 0. The Hall–Kier alpha value is -3.58. The van der Waals surface area contributed by atoms with Gasteiger partial charge in [-0.2, -0.15) is 0 Å². The first kappa shape index (κ1) is 64.5. The Balaban J connectivity index is 1.82. The molecule has 0 aromatic carbocycles. The summed E-state index contributed by atoms with van der Waals surface area (Å²) in [5, 5.41) is 72.1. The minimum absolute atomic E-state index is 0.121. The Morgan fingerprint density at radius 3 is 1.54 bits per heavy atom. The van der Waals surface area contributed by atoms with Crippen molar-refractivity contribution >= 4 is 11.9 Å². The molecule has 0 aliphatic carbocycles. The van der Waals surface area contributed by atoms with Gasteiger partial charge >= 0.3 is 11.9 Å². The largest absolute Gasteiger partial charge is 0.462 e. The highest BCUT2D eigenvalue weighted by molar-refractivity contribution is 5.70. The van der Waals surface area contributed by atoms with Gasteiger partial charge in [-0.15, -0.1) is 0 Å². The lowest BCUT2D eigenvalue weighted by Gasteiger charge is -2.42. The molecule has 2 saturated heterocycles. The molecular formula is C57H92O15.